The van der Waals surface area contributed by atoms with Gasteiger partial charge in [0.15, 0.2) is 5.79 Å². The van der Waals surface area contributed by atoms with Crippen LogP contribution in [0.2, 0.25) is 0 Å². The second-order valence-electron chi connectivity index (χ2n) is 6.68. The highest BCUT2D eigenvalue weighted by atomic mass is 16.7. The lowest BCUT2D eigenvalue weighted by atomic mass is 9.87. The van der Waals surface area contributed by atoms with E-state index < -0.39 is 0 Å². The van der Waals surface area contributed by atoms with E-state index in [2.05, 4.69) is 49.5 Å². The maximum atomic E-state index is 5.82. The number of benzene rings is 1. The average Bonchev–Trinajstić information content (AvgIpc) is 2.96. The lowest BCUT2D eigenvalue weighted by molar-refractivity contribution is -0.179. The molecule has 0 amide bonds. The monoisotopic (exact) mass is 289 g/mol. The largest absolute Gasteiger partial charge is 0.348 e. The van der Waals surface area contributed by atoms with Crippen LogP contribution in [-0.2, 0) is 9.47 Å². The molecule has 3 rings (SSSR count). The molecule has 2 fully saturated rings. The summed E-state index contributed by atoms with van der Waals surface area (Å²) in [5.41, 5.74) is 1.39. The Morgan fingerprint density at radius 1 is 1.05 bits per heavy atom. The highest BCUT2D eigenvalue weighted by molar-refractivity contribution is 5.19. The molecule has 1 aromatic rings. The van der Waals surface area contributed by atoms with Crippen LogP contribution in [0.4, 0.5) is 0 Å². The summed E-state index contributed by atoms with van der Waals surface area (Å²) in [6, 6.07) is 11.8. The third kappa shape index (κ3) is 3.47. The maximum absolute atomic E-state index is 5.82. The molecule has 0 radical (unpaired) electrons. The summed E-state index contributed by atoms with van der Waals surface area (Å²) in [5.74, 6) is 0.334. The number of nitrogens with one attached hydrogen (secondary N) is 1. The van der Waals surface area contributed by atoms with Gasteiger partial charge in [-0.25, -0.2) is 0 Å². The minimum atomic E-state index is -0.252. The zero-order chi connectivity index (χ0) is 14.7. The molecule has 1 aliphatic carbocycles. The van der Waals surface area contributed by atoms with Crippen LogP contribution in [0.5, 0.6) is 0 Å². The van der Waals surface area contributed by atoms with Crippen molar-refractivity contribution in [3.05, 3.63) is 35.9 Å². The van der Waals surface area contributed by atoms with Gasteiger partial charge < -0.3 is 14.8 Å². The third-order valence-corrected chi connectivity index (χ3v) is 4.80. The first-order valence-corrected chi connectivity index (χ1v) is 8.27. The number of ether oxygens (including phenoxy) is 2. The Hall–Kier alpha value is -0.900. The van der Waals surface area contributed by atoms with E-state index in [0.717, 1.165) is 38.9 Å². The number of hydrogen-bond donors (Lipinski definition) is 1. The normalized spacial score (nSPS) is 23.8. The second kappa shape index (κ2) is 6.47. The second-order valence-corrected chi connectivity index (χ2v) is 6.68. The van der Waals surface area contributed by atoms with Gasteiger partial charge in [-0.3, -0.25) is 0 Å². The number of hydrogen-bond acceptors (Lipinski definition) is 3. The van der Waals surface area contributed by atoms with Crippen molar-refractivity contribution in [2.75, 3.05) is 13.2 Å². The summed E-state index contributed by atoms with van der Waals surface area (Å²) >= 11 is 0. The lowest BCUT2D eigenvalue weighted by Crippen LogP contribution is -2.44. The van der Waals surface area contributed by atoms with E-state index in [1.54, 1.807) is 0 Å². The molecular formula is C18H27NO2. The zero-order valence-electron chi connectivity index (χ0n) is 13.2. The predicted molar refractivity (Wildman–Crippen MR) is 84.0 cm³/mol. The minimum absolute atomic E-state index is 0.252. The smallest absolute Gasteiger partial charge is 0.168 e. The van der Waals surface area contributed by atoms with Crippen molar-refractivity contribution in [2.45, 2.75) is 57.4 Å². The van der Waals surface area contributed by atoms with Crippen LogP contribution in [0.25, 0.3) is 0 Å². The third-order valence-electron chi connectivity index (χ3n) is 4.80. The van der Waals surface area contributed by atoms with E-state index in [0.29, 0.717) is 18.0 Å². The summed E-state index contributed by atoms with van der Waals surface area (Å²) in [4.78, 5) is 0. The molecule has 1 heterocycles. The molecule has 21 heavy (non-hydrogen) atoms. The first-order chi connectivity index (χ1) is 10.2. The fourth-order valence-electron chi connectivity index (χ4n) is 3.60. The Kier molecular flexibility index (Phi) is 4.63. The first kappa shape index (κ1) is 15.0. The quantitative estimate of drug-likeness (QED) is 0.917. The van der Waals surface area contributed by atoms with E-state index in [4.69, 9.17) is 9.47 Å². The van der Waals surface area contributed by atoms with Gasteiger partial charge in [0.1, 0.15) is 0 Å². The van der Waals surface area contributed by atoms with Crippen LogP contribution in [0.1, 0.15) is 51.1 Å². The molecule has 1 unspecified atom stereocenters. The predicted octanol–water partition coefficient (Wildman–Crippen LogP) is 3.66. The van der Waals surface area contributed by atoms with Crippen molar-refractivity contribution in [2.24, 2.45) is 5.92 Å². The molecule has 1 atom stereocenters. The lowest BCUT2D eigenvalue weighted by Gasteiger charge is -2.38. The van der Waals surface area contributed by atoms with Gasteiger partial charge in [-0.2, -0.15) is 0 Å². The summed E-state index contributed by atoms with van der Waals surface area (Å²) in [5, 5.41) is 3.87. The molecule has 1 saturated heterocycles. The maximum Gasteiger partial charge on any atom is 0.168 e. The van der Waals surface area contributed by atoms with Gasteiger partial charge in [-0.1, -0.05) is 44.2 Å². The van der Waals surface area contributed by atoms with Crippen molar-refractivity contribution in [1.29, 1.82) is 0 Å². The molecule has 1 aromatic carbocycles. The minimum Gasteiger partial charge on any atom is -0.348 e. The van der Waals surface area contributed by atoms with Gasteiger partial charge in [0, 0.05) is 24.9 Å². The van der Waals surface area contributed by atoms with Gasteiger partial charge in [0.05, 0.1) is 13.2 Å². The van der Waals surface area contributed by atoms with Crippen molar-refractivity contribution in [1.82, 2.24) is 5.32 Å². The molecular weight excluding hydrogens is 262 g/mol. The fraction of sp³-hybridized carbons (Fsp3) is 0.667. The molecule has 1 aliphatic heterocycles. The highest BCUT2D eigenvalue weighted by Gasteiger charge is 2.40. The molecule has 1 N–H and O–H groups in total. The van der Waals surface area contributed by atoms with Gasteiger partial charge in [-0.05, 0) is 24.3 Å². The van der Waals surface area contributed by atoms with Gasteiger partial charge in [0.2, 0.25) is 0 Å². The van der Waals surface area contributed by atoms with Crippen molar-refractivity contribution < 1.29 is 9.47 Å². The number of rotatable bonds is 4. The molecule has 1 spiro atoms. The van der Waals surface area contributed by atoms with E-state index in [1.165, 1.54) is 5.56 Å². The molecule has 2 aliphatic rings. The van der Waals surface area contributed by atoms with Crippen LogP contribution < -0.4 is 5.32 Å². The van der Waals surface area contributed by atoms with E-state index >= 15 is 0 Å². The Balaban J connectivity index is 1.60. The topological polar surface area (TPSA) is 30.5 Å². The molecule has 3 nitrogen and oxygen atoms in total. The van der Waals surface area contributed by atoms with Crippen LogP contribution in [0.15, 0.2) is 30.3 Å². The van der Waals surface area contributed by atoms with Crippen molar-refractivity contribution in [3.63, 3.8) is 0 Å². The molecule has 0 bridgehead atoms. The average molecular weight is 289 g/mol. The summed E-state index contributed by atoms with van der Waals surface area (Å²) in [6.07, 6.45) is 4.31. The van der Waals surface area contributed by atoms with Crippen molar-refractivity contribution in [3.8, 4) is 0 Å². The summed E-state index contributed by atoms with van der Waals surface area (Å²) < 4.78 is 11.6. The fourth-order valence-corrected chi connectivity index (χ4v) is 3.60. The summed E-state index contributed by atoms with van der Waals surface area (Å²) in [7, 11) is 0. The van der Waals surface area contributed by atoms with Gasteiger partial charge >= 0.3 is 0 Å². The standard InChI is InChI=1S/C18H27NO2/c1-14(2)17(15-6-4-3-5-7-15)19-16-8-10-18(11-9-16)20-12-13-21-18/h3-7,14,16-17,19H,8-13H2,1-2H3. The SMILES string of the molecule is CC(C)C(NC1CCC2(CC1)OCCO2)c1ccccc1. The van der Waals surface area contributed by atoms with Crippen LogP contribution >= 0.6 is 0 Å². The van der Waals surface area contributed by atoms with Crippen LogP contribution in [0, 0.1) is 5.92 Å². The Morgan fingerprint density at radius 2 is 1.67 bits per heavy atom. The van der Waals surface area contributed by atoms with Gasteiger partial charge in [0.25, 0.3) is 0 Å². The van der Waals surface area contributed by atoms with Crippen LogP contribution in [0.3, 0.4) is 0 Å². The zero-order valence-corrected chi connectivity index (χ0v) is 13.2. The van der Waals surface area contributed by atoms with Crippen molar-refractivity contribution >= 4 is 0 Å². The Bertz CT molecular complexity index is 430. The Labute approximate surface area is 128 Å². The van der Waals surface area contributed by atoms with E-state index in [-0.39, 0.29) is 5.79 Å². The Morgan fingerprint density at radius 3 is 2.24 bits per heavy atom. The van der Waals surface area contributed by atoms with E-state index in [1.807, 2.05) is 0 Å². The highest BCUT2D eigenvalue weighted by Crippen LogP contribution is 2.36. The molecule has 1 saturated carbocycles. The summed E-state index contributed by atoms with van der Waals surface area (Å²) in [6.45, 7) is 6.10. The van der Waals surface area contributed by atoms with E-state index in [9.17, 15) is 0 Å². The first-order valence-electron chi connectivity index (χ1n) is 8.27. The molecule has 3 heteroatoms. The van der Waals surface area contributed by atoms with Gasteiger partial charge in [-0.15, -0.1) is 0 Å². The molecule has 0 aromatic heterocycles. The van der Waals surface area contributed by atoms with Crippen LogP contribution in [-0.4, -0.2) is 25.0 Å². The molecule has 116 valence electrons.